The SMILES string of the molecule is NCC#Cc1cnc(NS(=O)(=O)c2ccc(F)c(F)c2)s1. The topological polar surface area (TPSA) is 85.1 Å². The summed E-state index contributed by atoms with van der Waals surface area (Å²) in [6.07, 6.45) is 1.39. The molecule has 0 unspecified atom stereocenters. The summed E-state index contributed by atoms with van der Waals surface area (Å²) >= 11 is 1.00. The highest BCUT2D eigenvalue weighted by Gasteiger charge is 2.18. The summed E-state index contributed by atoms with van der Waals surface area (Å²) in [5.74, 6) is 2.94. The third-order valence-corrected chi connectivity index (χ3v) is 4.54. The Hall–Kier alpha value is -2.02. The van der Waals surface area contributed by atoms with E-state index in [4.69, 9.17) is 5.73 Å². The van der Waals surface area contributed by atoms with Gasteiger partial charge in [0, 0.05) is 0 Å². The minimum atomic E-state index is -4.04. The molecule has 0 radical (unpaired) electrons. The third kappa shape index (κ3) is 3.75. The van der Waals surface area contributed by atoms with Gasteiger partial charge in [-0.3, -0.25) is 4.72 Å². The summed E-state index contributed by atoms with van der Waals surface area (Å²) in [7, 11) is -4.04. The predicted octanol–water partition coefficient (Wildman–Crippen LogP) is 1.53. The number of aromatic nitrogens is 1. The van der Waals surface area contributed by atoms with Gasteiger partial charge in [0.05, 0.1) is 22.5 Å². The number of thiazole rings is 1. The Morgan fingerprint density at radius 1 is 1.33 bits per heavy atom. The number of sulfonamides is 1. The Balaban J connectivity index is 2.24. The molecule has 0 atom stereocenters. The van der Waals surface area contributed by atoms with Crippen molar-refractivity contribution in [1.29, 1.82) is 0 Å². The van der Waals surface area contributed by atoms with Gasteiger partial charge in [0.1, 0.15) is 0 Å². The summed E-state index contributed by atoms with van der Waals surface area (Å²) in [4.78, 5) is 3.97. The average Bonchev–Trinajstić information content (AvgIpc) is 2.86. The van der Waals surface area contributed by atoms with E-state index in [-0.39, 0.29) is 11.7 Å². The lowest BCUT2D eigenvalue weighted by molar-refractivity contribution is 0.504. The molecule has 2 rings (SSSR count). The lowest BCUT2D eigenvalue weighted by Crippen LogP contribution is -2.13. The zero-order chi connectivity index (χ0) is 15.5. The van der Waals surface area contributed by atoms with Crippen LogP contribution in [0.2, 0.25) is 0 Å². The Morgan fingerprint density at radius 2 is 2.10 bits per heavy atom. The molecule has 2 aromatic rings. The molecule has 3 N–H and O–H groups in total. The van der Waals surface area contributed by atoms with Gasteiger partial charge in [-0.2, -0.15) is 0 Å². The van der Waals surface area contributed by atoms with Crippen LogP contribution in [0, 0.1) is 23.5 Å². The predicted molar refractivity (Wildman–Crippen MR) is 75.2 cm³/mol. The number of halogens is 2. The van der Waals surface area contributed by atoms with Gasteiger partial charge in [-0.05, 0) is 18.2 Å². The standard InChI is InChI=1S/C12H9F2N3O2S2/c13-10-4-3-9(6-11(10)14)21(18,19)17-12-16-7-8(20-12)2-1-5-15/h3-4,6-7H,5,15H2,(H,16,17). The number of rotatable bonds is 3. The first-order valence-corrected chi connectivity index (χ1v) is 7.85. The van der Waals surface area contributed by atoms with E-state index in [9.17, 15) is 17.2 Å². The zero-order valence-corrected chi connectivity index (χ0v) is 12.1. The number of benzene rings is 1. The monoisotopic (exact) mass is 329 g/mol. The van der Waals surface area contributed by atoms with E-state index in [2.05, 4.69) is 21.5 Å². The summed E-state index contributed by atoms with van der Waals surface area (Å²) in [6.45, 7) is 0.174. The molecular formula is C12H9F2N3O2S2. The molecule has 1 heterocycles. The minimum Gasteiger partial charge on any atom is -0.320 e. The Labute approximate surface area is 123 Å². The number of hydrogen-bond acceptors (Lipinski definition) is 5. The van der Waals surface area contributed by atoms with Crippen LogP contribution in [0.25, 0.3) is 0 Å². The molecule has 0 aliphatic heterocycles. The number of anilines is 1. The highest BCUT2D eigenvalue weighted by molar-refractivity contribution is 7.93. The van der Waals surface area contributed by atoms with Crippen LogP contribution in [0.4, 0.5) is 13.9 Å². The second kappa shape index (κ2) is 6.17. The lowest BCUT2D eigenvalue weighted by atomic mass is 10.3. The molecule has 0 spiro atoms. The van der Waals surface area contributed by atoms with Gasteiger partial charge < -0.3 is 5.73 Å². The summed E-state index contributed by atoms with van der Waals surface area (Å²) in [5, 5.41) is 0.0704. The van der Waals surface area contributed by atoms with E-state index in [1.165, 1.54) is 6.20 Å². The van der Waals surface area contributed by atoms with Crippen LogP contribution < -0.4 is 10.5 Å². The Bertz CT molecular complexity index is 823. The number of nitrogens with two attached hydrogens (primary N) is 1. The summed E-state index contributed by atoms with van der Waals surface area (Å²) in [6, 6.07) is 2.30. The minimum absolute atomic E-state index is 0.0704. The molecule has 0 saturated carbocycles. The number of nitrogens with one attached hydrogen (secondary N) is 1. The van der Waals surface area contributed by atoms with E-state index < -0.39 is 26.6 Å². The molecule has 0 amide bonds. The highest BCUT2D eigenvalue weighted by Crippen LogP contribution is 2.22. The Kier molecular flexibility index (Phi) is 4.52. The first kappa shape index (κ1) is 15.4. The van der Waals surface area contributed by atoms with Crippen molar-refractivity contribution in [2.24, 2.45) is 5.73 Å². The van der Waals surface area contributed by atoms with Crippen LogP contribution in [-0.2, 0) is 10.0 Å². The molecule has 0 aliphatic rings. The van der Waals surface area contributed by atoms with Gasteiger partial charge in [-0.15, -0.1) is 0 Å². The average molecular weight is 329 g/mol. The Morgan fingerprint density at radius 3 is 2.76 bits per heavy atom. The van der Waals surface area contributed by atoms with Gasteiger partial charge in [0.2, 0.25) is 0 Å². The van der Waals surface area contributed by atoms with Crippen LogP contribution in [0.1, 0.15) is 4.88 Å². The van der Waals surface area contributed by atoms with Crippen molar-refractivity contribution in [2.45, 2.75) is 4.90 Å². The molecule has 9 heteroatoms. The lowest BCUT2D eigenvalue weighted by Gasteiger charge is -2.05. The van der Waals surface area contributed by atoms with Crippen LogP contribution in [0.3, 0.4) is 0 Å². The summed E-state index contributed by atoms with van der Waals surface area (Å²) in [5.41, 5.74) is 5.22. The summed E-state index contributed by atoms with van der Waals surface area (Å²) < 4.78 is 52.1. The number of hydrogen-bond donors (Lipinski definition) is 2. The van der Waals surface area contributed by atoms with Crippen LogP contribution in [0.5, 0.6) is 0 Å². The maximum atomic E-state index is 13.1. The fourth-order valence-electron chi connectivity index (χ4n) is 1.34. The molecule has 5 nitrogen and oxygen atoms in total. The molecule has 1 aromatic heterocycles. The molecule has 1 aromatic carbocycles. The van der Waals surface area contributed by atoms with E-state index in [1.54, 1.807) is 0 Å². The second-order valence-electron chi connectivity index (χ2n) is 3.72. The first-order valence-electron chi connectivity index (χ1n) is 5.55. The van der Waals surface area contributed by atoms with Gasteiger partial charge in [0.25, 0.3) is 10.0 Å². The fourth-order valence-corrected chi connectivity index (χ4v) is 3.28. The maximum Gasteiger partial charge on any atom is 0.263 e. The van der Waals surface area contributed by atoms with Gasteiger partial charge in [-0.25, -0.2) is 22.2 Å². The van der Waals surface area contributed by atoms with Crippen molar-refractivity contribution >= 4 is 26.5 Å². The highest BCUT2D eigenvalue weighted by atomic mass is 32.2. The van der Waals surface area contributed by atoms with E-state index >= 15 is 0 Å². The molecule has 0 saturated heterocycles. The van der Waals surface area contributed by atoms with Crippen molar-refractivity contribution in [2.75, 3.05) is 11.3 Å². The maximum absolute atomic E-state index is 13.1. The zero-order valence-electron chi connectivity index (χ0n) is 10.4. The van der Waals surface area contributed by atoms with Crippen molar-refractivity contribution in [3.8, 4) is 11.8 Å². The van der Waals surface area contributed by atoms with E-state index in [1.807, 2.05) is 0 Å². The molecule has 0 fully saturated rings. The third-order valence-electron chi connectivity index (χ3n) is 2.24. The first-order chi connectivity index (χ1) is 9.92. The van der Waals surface area contributed by atoms with Gasteiger partial charge in [-0.1, -0.05) is 23.2 Å². The molecule has 0 aliphatic carbocycles. The van der Waals surface area contributed by atoms with Gasteiger partial charge in [0.15, 0.2) is 16.8 Å². The van der Waals surface area contributed by atoms with Crippen molar-refractivity contribution < 1.29 is 17.2 Å². The number of nitrogens with zero attached hydrogens (tertiary/aromatic N) is 1. The van der Waals surface area contributed by atoms with Crippen LogP contribution in [0.15, 0.2) is 29.3 Å². The van der Waals surface area contributed by atoms with E-state index in [0.717, 1.165) is 23.5 Å². The molecular weight excluding hydrogens is 320 g/mol. The normalized spacial score (nSPS) is 10.8. The molecule has 110 valence electrons. The molecule has 21 heavy (non-hydrogen) atoms. The van der Waals surface area contributed by atoms with Crippen molar-refractivity contribution in [1.82, 2.24) is 4.98 Å². The fraction of sp³-hybridized carbons (Fsp3) is 0.0833. The van der Waals surface area contributed by atoms with Crippen LogP contribution >= 0.6 is 11.3 Å². The second-order valence-corrected chi connectivity index (χ2v) is 6.43. The largest absolute Gasteiger partial charge is 0.320 e. The van der Waals surface area contributed by atoms with Crippen LogP contribution in [-0.4, -0.2) is 19.9 Å². The van der Waals surface area contributed by atoms with Gasteiger partial charge >= 0.3 is 0 Å². The quantitative estimate of drug-likeness (QED) is 0.837. The van der Waals surface area contributed by atoms with Crippen molar-refractivity contribution in [3.63, 3.8) is 0 Å². The van der Waals surface area contributed by atoms with Crippen molar-refractivity contribution in [3.05, 3.63) is 40.9 Å². The van der Waals surface area contributed by atoms with E-state index in [0.29, 0.717) is 10.9 Å². The smallest absolute Gasteiger partial charge is 0.263 e. The molecule has 0 bridgehead atoms.